The van der Waals surface area contributed by atoms with Crippen LogP contribution in [0.5, 0.6) is 0 Å². The zero-order valence-corrected chi connectivity index (χ0v) is 11.2. The van der Waals surface area contributed by atoms with Gasteiger partial charge in [0.05, 0.1) is 12.0 Å². The molecule has 0 saturated carbocycles. The molecule has 1 aromatic carbocycles. The number of benzene rings is 1. The van der Waals surface area contributed by atoms with Crippen molar-refractivity contribution in [2.75, 3.05) is 13.6 Å². The smallest absolute Gasteiger partial charge is 0.328 e. The summed E-state index contributed by atoms with van der Waals surface area (Å²) in [7, 11) is 1.95. The van der Waals surface area contributed by atoms with Crippen molar-refractivity contribution in [3.8, 4) is 6.07 Å². The van der Waals surface area contributed by atoms with Gasteiger partial charge in [0.25, 0.3) is 0 Å². The molecule has 4 heteroatoms. The van der Waals surface area contributed by atoms with Gasteiger partial charge < -0.3 is 10.0 Å². The van der Waals surface area contributed by atoms with Gasteiger partial charge in [-0.15, -0.1) is 0 Å². The maximum Gasteiger partial charge on any atom is 0.328 e. The van der Waals surface area contributed by atoms with E-state index in [4.69, 9.17) is 10.4 Å². The van der Waals surface area contributed by atoms with Crippen molar-refractivity contribution >= 4 is 12.0 Å². The van der Waals surface area contributed by atoms with Crippen molar-refractivity contribution in [1.29, 1.82) is 5.26 Å². The molecule has 0 aliphatic rings. The Morgan fingerprint density at radius 3 is 2.84 bits per heavy atom. The number of aliphatic carboxylic acids is 1. The lowest BCUT2D eigenvalue weighted by Crippen LogP contribution is -2.23. The van der Waals surface area contributed by atoms with Crippen LogP contribution < -0.4 is 0 Å². The number of nitriles is 1. The summed E-state index contributed by atoms with van der Waals surface area (Å²) >= 11 is 0. The van der Waals surface area contributed by atoms with E-state index >= 15 is 0 Å². The highest BCUT2D eigenvalue weighted by Crippen LogP contribution is 2.13. The molecule has 1 N–H and O–H groups in total. The molecule has 4 nitrogen and oxygen atoms in total. The van der Waals surface area contributed by atoms with E-state index in [1.807, 2.05) is 38.2 Å². The highest BCUT2D eigenvalue weighted by molar-refractivity contribution is 5.85. The Bertz CT molecular complexity index is 503. The van der Waals surface area contributed by atoms with Gasteiger partial charge in [-0.3, -0.25) is 0 Å². The van der Waals surface area contributed by atoms with Gasteiger partial charge in [0.1, 0.15) is 0 Å². The van der Waals surface area contributed by atoms with Crippen molar-refractivity contribution in [1.82, 2.24) is 4.90 Å². The highest BCUT2D eigenvalue weighted by Gasteiger charge is 2.07. The van der Waals surface area contributed by atoms with Crippen LogP contribution in [0.4, 0.5) is 0 Å². The number of hydrogen-bond donors (Lipinski definition) is 1. The normalized spacial score (nSPS) is 12.5. The van der Waals surface area contributed by atoms with Crippen molar-refractivity contribution in [2.45, 2.75) is 13.5 Å². The van der Waals surface area contributed by atoms with Crippen LogP contribution in [0.15, 0.2) is 30.3 Å². The Balaban J connectivity index is 2.78. The maximum absolute atomic E-state index is 10.6. The molecule has 1 rings (SSSR count). The van der Waals surface area contributed by atoms with E-state index in [2.05, 4.69) is 11.0 Å². The van der Waals surface area contributed by atoms with E-state index in [-0.39, 0.29) is 5.92 Å². The lowest BCUT2D eigenvalue weighted by molar-refractivity contribution is -0.131. The van der Waals surface area contributed by atoms with E-state index in [0.29, 0.717) is 13.1 Å². The zero-order valence-electron chi connectivity index (χ0n) is 11.2. The fourth-order valence-corrected chi connectivity index (χ4v) is 1.87. The third kappa shape index (κ3) is 5.36. The standard InChI is InChI=1S/C15H18N2O2/c1-12(9-16)10-17(2)11-14-6-4-3-5-13(14)7-8-15(18)19/h3-8,12H,10-11H2,1-2H3,(H,18,19)/b8-7+. The molecule has 0 fully saturated rings. The van der Waals surface area contributed by atoms with Crippen LogP contribution >= 0.6 is 0 Å². The SMILES string of the molecule is CC(C#N)CN(C)Cc1ccccc1/C=C/C(=O)O. The quantitative estimate of drug-likeness (QED) is 0.796. The van der Waals surface area contributed by atoms with Crippen LogP contribution in [0.1, 0.15) is 18.1 Å². The van der Waals surface area contributed by atoms with E-state index in [0.717, 1.165) is 17.2 Å². The van der Waals surface area contributed by atoms with Crippen molar-refractivity contribution in [3.05, 3.63) is 41.5 Å². The third-order valence-corrected chi connectivity index (χ3v) is 2.71. The van der Waals surface area contributed by atoms with E-state index in [1.54, 1.807) is 6.08 Å². The van der Waals surface area contributed by atoms with E-state index < -0.39 is 5.97 Å². The molecule has 1 unspecified atom stereocenters. The monoisotopic (exact) mass is 258 g/mol. The largest absolute Gasteiger partial charge is 0.478 e. The fraction of sp³-hybridized carbons (Fsp3) is 0.333. The number of carboxylic acids is 1. The van der Waals surface area contributed by atoms with E-state index in [9.17, 15) is 4.79 Å². The molecule has 0 aliphatic heterocycles. The molecule has 1 atom stereocenters. The Labute approximate surface area is 113 Å². The minimum Gasteiger partial charge on any atom is -0.478 e. The first-order chi connectivity index (χ1) is 9.02. The number of carboxylic acid groups (broad SMARTS) is 1. The summed E-state index contributed by atoms with van der Waals surface area (Å²) in [6.45, 7) is 3.26. The molecule has 0 amide bonds. The summed E-state index contributed by atoms with van der Waals surface area (Å²) in [5, 5.41) is 17.5. The molecule has 19 heavy (non-hydrogen) atoms. The van der Waals surface area contributed by atoms with Gasteiger partial charge in [0.2, 0.25) is 0 Å². The topological polar surface area (TPSA) is 64.3 Å². The number of rotatable bonds is 6. The molecule has 1 aromatic rings. The molecule has 0 bridgehead atoms. The first-order valence-corrected chi connectivity index (χ1v) is 6.10. The number of hydrogen-bond acceptors (Lipinski definition) is 3. The Morgan fingerprint density at radius 2 is 2.21 bits per heavy atom. The van der Waals surface area contributed by atoms with Gasteiger partial charge in [-0.05, 0) is 31.2 Å². The Hall–Kier alpha value is -2.12. The predicted octanol–water partition coefficient (Wildman–Crippen LogP) is 2.38. The predicted molar refractivity (Wildman–Crippen MR) is 74.2 cm³/mol. The fourth-order valence-electron chi connectivity index (χ4n) is 1.87. The second-order valence-electron chi connectivity index (χ2n) is 4.60. The molecular weight excluding hydrogens is 240 g/mol. The molecule has 0 spiro atoms. The lowest BCUT2D eigenvalue weighted by atomic mass is 10.1. The third-order valence-electron chi connectivity index (χ3n) is 2.71. The molecule has 100 valence electrons. The van der Waals surface area contributed by atoms with E-state index in [1.165, 1.54) is 0 Å². The Kier molecular flexibility index (Phi) is 5.77. The average Bonchev–Trinajstić information content (AvgIpc) is 2.37. The highest BCUT2D eigenvalue weighted by atomic mass is 16.4. The summed E-state index contributed by atoms with van der Waals surface area (Å²) in [4.78, 5) is 12.6. The van der Waals surface area contributed by atoms with Crippen LogP contribution in [0.25, 0.3) is 6.08 Å². The summed E-state index contributed by atoms with van der Waals surface area (Å²) in [5.74, 6) is -0.979. The van der Waals surface area contributed by atoms with Gasteiger partial charge >= 0.3 is 5.97 Å². The molecule has 0 saturated heterocycles. The van der Waals surface area contributed by atoms with Gasteiger partial charge in [-0.25, -0.2) is 4.79 Å². The lowest BCUT2D eigenvalue weighted by Gasteiger charge is -2.19. The van der Waals surface area contributed by atoms with Crippen LogP contribution in [-0.4, -0.2) is 29.6 Å². The van der Waals surface area contributed by atoms with Crippen molar-refractivity contribution in [2.24, 2.45) is 5.92 Å². The van der Waals surface area contributed by atoms with Crippen LogP contribution in [-0.2, 0) is 11.3 Å². The minimum absolute atomic E-state index is 0.0216. The molecule has 0 aromatic heterocycles. The Morgan fingerprint density at radius 1 is 1.53 bits per heavy atom. The summed E-state index contributed by atoms with van der Waals surface area (Å²) in [5.41, 5.74) is 1.94. The van der Waals surface area contributed by atoms with Gasteiger partial charge in [-0.1, -0.05) is 24.3 Å². The molecule has 0 heterocycles. The van der Waals surface area contributed by atoms with Gasteiger partial charge in [0, 0.05) is 19.2 Å². The van der Waals surface area contributed by atoms with Crippen molar-refractivity contribution in [3.63, 3.8) is 0 Å². The van der Waals surface area contributed by atoms with Gasteiger partial charge in [0.15, 0.2) is 0 Å². The van der Waals surface area contributed by atoms with Gasteiger partial charge in [-0.2, -0.15) is 5.26 Å². The number of nitrogens with zero attached hydrogens (tertiary/aromatic N) is 2. The molecule has 0 aliphatic carbocycles. The summed E-state index contributed by atoms with van der Waals surface area (Å²) in [6, 6.07) is 9.86. The zero-order chi connectivity index (χ0) is 14.3. The summed E-state index contributed by atoms with van der Waals surface area (Å²) in [6.07, 6.45) is 2.73. The maximum atomic E-state index is 10.6. The number of carbonyl (C=O) groups is 1. The minimum atomic E-state index is -0.957. The second kappa shape index (κ2) is 7.34. The molecule has 0 radical (unpaired) electrons. The second-order valence-corrected chi connectivity index (χ2v) is 4.60. The summed E-state index contributed by atoms with van der Waals surface area (Å²) < 4.78 is 0. The first-order valence-electron chi connectivity index (χ1n) is 6.10. The van der Waals surface area contributed by atoms with Crippen LogP contribution in [0, 0.1) is 17.2 Å². The first kappa shape index (κ1) is 14.9. The van der Waals surface area contributed by atoms with Crippen molar-refractivity contribution < 1.29 is 9.90 Å². The molecular formula is C15H18N2O2. The van der Waals surface area contributed by atoms with Crippen LogP contribution in [0.3, 0.4) is 0 Å². The average molecular weight is 258 g/mol. The van der Waals surface area contributed by atoms with Crippen LogP contribution in [0.2, 0.25) is 0 Å².